The van der Waals surface area contributed by atoms with Gasteiger partial charge in [-0.3, -0.25) is 0 Å². The third-order valence-corrected chi connectivity index (χ3v) is 1.76. The van der Waals surface area contributed by atoms with Gasteiger partial charge in [0.1, 0.15) is 0 Å². The number of hydrogen-bond donors (Lipinski definition) is 1. The molecule has 0 amide bonds. The third-order valence-electron chi connectivity index (χ3n) is 1.18. The van der Waals surface area contributed by atoms with Crippen LogP contribution in [0.1, 0.15) is 19.4 Å². The summed E-state index contributed by atoms with van der Waals surface area (Å²) in [4.78, 5) is 0. The Morgan fingerprint density at radius 3 is 2.56 bits per heavy atom. The van der Waals surface area contributed by atoms with Crippen molar-refractivity contribution in [2.75, 3.05) is 0 Å². The lowest BCUT2D eigenvalue weighted by Crippen LogP contribution is -2.27. The zero-order valence-corrected chi connectivity index (χ0v) is 6.40. The SMILES string of the molecule is CC(C)(N)c1cnsc1. The molecule has 50 valence electrons. The van der Waals surface area contributed by atoms with E-state index in [0.29, 0.717) is 0 Å². The molecule has 0 saturated heterocycles. The first-order valence-electron chi connectivity index (χ1n) is 2.79. The summed E-state index contributed by atoms with van der Waals surface area (Å²) in [5.41, 5.74) is 6.64. The van der Waals surface area contributed by atoms with Crippen molar-refractivity contribution in [3.05, 3.63) is 17.1 Å². The normalized spacial score (nSPS) is 11.9. The van der Waals surface area contributed by atoms with Gasteiger partial charge < -0.3 is 5.73 Å². The lowest BCUT2D eigenvalue weighted by atomic mass is 10.0. The van der Waals surface area contributed by atoms with E-state index < -0.39 is 0 Å². The molecule has 0 saturated carbocycles. The molecule has 0 unspecified atom stereocenters. The van der Waals surface area contributed by atoms with Crippen LogP contribution in [0, 0.1) is 0 Å². The lowest BCUT2D eigenvalue weighted by Gasteiger charge is -2.14. The van der Waals surface area contributed by atoms with Gasteiger partial charge in [0.25, 0.3) is 0 Å². The summed E-state index contributed by atoms with van der Waals surface area (Å²) >= 11 is 1.44. The number of rotatable bonds is 1. The number of nitrogens with zero attached hydrogens (tertiary/aromatic N) is 1. The Morgan fingerprint density at radius 2 is 2.33 bits per heavy atom. The molecular formula is C6H10N2S. The molecule has 3 heteroatoms. The smallest absolute Gasteiger partial charge is 0.0457 e. The van der Waals surface area contributed by atoms with Gasteiger partial charge in [-0.1, -0.05) is 0 Å². The Kier molecular flexibility index (Phi) is 1.55. The molecule has 0 aliphatic heterocycles. The summed E-state index contributed by atoms with van der Waals surface area (Å²) in [6, 6.07) is 0. The van der Waals surface area contributed by atoms with Crippen LogP contribution in [0.3, 0.4) is 0 Å². The van der Waals surface area contributed by atoms with Crippen molar-refractivity contribution in [1.29, 1.82) is 0 Å². The average Bonchev–Trinajstić information content (AvgIpc) is 2.08. The number of nitrogens with two attached hydrogens (primary N) is 1. The van der Waals surface area contributed by atoms with Crippen molar-refractivity contribution in [2.24, 2.45) is 5.73 Å². The topological polar surface area (TPSA) is 38.9 Å². The summed E-state index contributed by atoms with van der Waals surface area (Å²) in [5, 5.41) is 1.97. The molecule has 9 heavy (non-hydrogen) atoms. The van der Waals surface area contributed by atoms with Crippen LogP contribution in [0.2, 0.25) is 0 Å². The van der Waals surface area contributed by atoms with E-state index in [1.807, 2.05) is 25.4 Å². The molecule has 1 rings (SSSR count). The van der Waals surface area contributed by atoms with Gasteiger partial charge in [-0.15, -0.1) is 0 Å². The van der Waals surface area contributed by atoms with Crippen molar-refractivity contribution in [3.8, 4) is 0 Å². The molecule has 0 aliphatic carbocycles. The van der Waals surface area contributed by atoms with Crippen molar-refractivity contribution < 1.29 is 0 Å². The molecular weight excluding hydrogens is 132 g/mol. The van der Waals surface area contributed by atoms with Gasteiger partial charge in [-0.05, 0) is 25.4 Å². The van der Waals surface area contributed by atoms with E-state index in [2.05, 4.69) is 4.37 Å². The number of hydrogen-bond acceptors (Lipinski definition) is 3. The summed E-state index contributed by atoms with van der Waals surface area (Å²) in [6.07, 6.45) is 1.81. The second-order valence-corrected chi connectivity index (χ2v) is 3.29. The first-order valence-corrected chi connectivity index (χ1v) is 3.63. The summed E-state index contributed by atoms with van der Waals surface area (Å²) < 4.78 is 3.95. The minimum absolute atomic E-state index is 0.229. The molecule has 0 aromatic carbocycles. The van der Waals surface area contributed by atoms with Crippen LogP contribution in [0.25, 0.3) is 0 Å². The fraction of sp³-hybridized carbons (Fsp3) is 0.500. The van der Waals surface area contributed by atoms with E-state index in [1.54, 1.807) is 0 Å². The first-order chi connectivity index (χ1) is 4.11. The standard InChI is InChI=1S/C6H10N2S/c1-6(2,7)5-3-8-9-4-5/h3-4H,7H2,1-2H3. The minimum atomic E-state index is -0.229. The maximum Gasteiger partial charge on any atom is 0.0457 e. The fourth-order valence-corrected chi connectivity index (χ4v) is 1.24. The average molecular weight is 142 g/mol. The van der Waals surface area contributed by atoms with Crippen LogP contribution in [-0.2, 0) is 5.54 Å². The maximum absolute atomic E-state index is 5.77. The monoisotopic (exact) mass is 142 g/mol. The van der Waals surface area contributed by atoms with E-state index in [0.717, 1.165) is 5.56 Å². The van der Waals surface area contributed by atoms with E-state index >= 15 is 0 Å². The van der Waals surface area contributed by atoms with E-state index in [4.69, 9.17) is 5.73 Å². The van der Waals surface area contributed by atoms with Crippen LogP contribution < -0.4 is 5.73 Å². The second kappa shape index (κ2) is 2.08. The molecule has 0 radical (unpaired) electrons. The Morgan fingerprint density at radius 1 is 1.67 bits per heavy atom. The van der Waals surface area contributed by atoms with Crippen molar-refractivity contribution in [3.63, 3.8) is 0 Å². The van der Waals surface area contributed by atoms with E-state index in [-0.39, 0.29) is 5.54 Å². The van der Waals surface area contributed by atoms with Gasteiger partial charge in [-0.2, -0.15) is 0 Å². The Labute approximate surface area is 58.9 Å². The highest BCUT2D eigenvalue weighted by Crippen LogP contribution is 2.16. The molecule has 1 aromatic heterocycles. The molecule has 0 atom stereocenters. The molecule has 0 bridgehead atoms. The number of aromatic nitrogens is 1. The quantitative estimate of drug-likeness (QED) is 0.642. The molecule has 0 spiro atoms. The van der Waals surface area contributed by atoms with E-state index in [1.165, 1.54) is 11.5 Å². The molecule has 1 heterocycles. The maximum atomic E-state index is 5.77. The van der Waals surface area contributed by atoms with Crippen LogP contribution in [0.5, 0.6) is 0 Å². The molecule has 2 N–H and O–H groups in total. The van der Waals surface area contributed by atoms with Crippen molar-refractivity contribution >= 4 is 11.5 Å². The Bertz CT molecular complexity index is 173. The van der Waals surface area contributed by atoms with Gasteiger partial charge in [0.2, 0.25) is 0 Å². The fourth-order valence-electron chi connectivity index (χ4n) is 0.523. The Hall–Kier alpha value is -0.410. The van der Waals surface area contributed by atoms with Gasteiger partial charge in [0.15, 0.2) is 0 Å². The van der Waals surface area contributed by atoms with Gasteiger partial charge in [-0.25, -0.2) is 4.37 Å². The van der Waals surface area contributed by atoms with Crippen LogP contribution in [0.15, 0.2) is 11.6 Å². The zero-order chi connectivity index (χ0) is 6.91. The van der Waals surface area contributed by atoms with Crippen LogP contribution >= 0.6 is 11.5 Å². The van der Waals surface area contributed by atoms with Crippen LogP contribution in [0.4, 0.5) is 0 Å². The highest BCUT2D eigenvalue weighted by Gasteiger charge is 2.13. The second-order valence-electron chi connectivity index (χ2n) is 2.63. The highest BCUT2D eigenvalue weighted by molar-refractivity contribution is 7.03. The van der Waals surface area contributed by atoms with Crippen molar-refractivity contribution in [2.45, 2.75) is 19.4 Å². The highest BCUT2D eigenvalue weighted by atomic mass is 32.1. The molecule has 0 aliphatic rings. The largest absolute Gasteiger partial charge is 0.322 e. The molecule has 2 nitrogen and oxygen atoms in total. The minimum Gasteiger partial charge on any atom is -0.322 e. The zero-order valence-electron chi connectivity index (χ0n) is 5.59. The summed E-state index contributed by atoms with van der Waals surface area (Å²) in [5.74, 6) is 0. The lowest BCUT2D eigenvalue weighted by molar-refractivity contribution is 0.555. The third kappa shape index (κ3) is 1.50. The van der Waals surface area contributed by atoms with Gasteiger partial charge in [0, 0.05) is 22.7 Å². The van der Waals surface area contributed by atoms with Crippen LogP contribution in [-0.4, -0.2) is 4.37 Å². The summed E-state index contributed by atoms with van der Waals surface area (Å²) in [6.45, 7) is 3.94. The first kappa shape index (κ1) is 6.71. The predicted molar refractivity (Wildman–Crippen MR) is 39.3 cm³/mol. The van der Waals surface area contributed by atoms with Gasteiger partial charge >= 0.3 is 0 Å². The van der Waals surface area contributed by atoms with Crippen molar-refractivity contribution in [1.82, 2.24) is 4.37 Å². The Balaban J connectivity index is 2.90. The summed E-state index contributed by atoms with van der Waals surface area (Å²) in [7, 11) is 0. The molecule has 0 fully saturated rings. The molecule has 1 aromatic rings. The predicted octanol–water partition coefficient (Wildman–Crippen LogP) is 1.34. The van der Waals surface area contributed by atoms with Gasteiger partial charge in [0.05, 0.1) is 0 Å². The van der Waals surface area contributed by atoms with E-state index in [9.17, 15) is 0 Å².